The van der Waals surface area contributed by atoms with Crippen molar-refractivity contribution < 1.29 is 9.53 Å². The van der Waals surface area contributed by atoms with E-state index in [4.69, 9.17) is 4.74 Å². The number of fused-ring (bicyclic) bond motifs is 1. The summed E-state index contributed by atoms with van der Waals surface area (Å²) < 4.78 is 7.51. The zero-order valence-electron chi connectivity index (χ0n) is 13.7. The Morgan fingerprint density at radius 2 is 2.22 bits per heavy atom. The molecule has 1 aromatic heterocycles. The Bertz CT molecular complexity index is 699. The number of likely N-dealkylation sites (tertiary alicyclic amines) is 1. The first kappa shape index (κ1) is 15.8. The van der Waals surface area contributed by atoms with Crippen LogP contribution in [0.2, 0.25) is 0 Å². The molecule has 0 radical (unpaired) electrons. The van der Waals surface area contributed by atoms with E-state index < -0.39 is 0 Å². The summed E-state index contributed by atoms with van der Waals surface area (Å²) >= 11 is 0. The average molecular weight is 317 g/mol. The summed E-state index contributed by atoms with van der Waals surface area (Å²) in [5, 5.41) is 11.1. The third kappa shape index (κ3) is 3.46. The molecule has 0 aliphatic carbocycles. The Morgan fingerprint density at radius 3 is 3.00 bits per heavy atom. The van der Waals surface area contributed by atoms with Crippen LogP contribution in [0.4, 0.5) is 10.5 Å². The smallest absolute Gasteiger partial charge is 0.319 e. The first-order valence-electron chi connectivity index (χ1n) is 7.86. The number of benzene rings is 1. The van der Waals surface area contributed by atoms with Gasteiger partial charge in [-0.3, -0.25) is 4.68 Å². The van der Waals surface area contributed by atoms with Crippen LogP contribution in [-0.4, -0.2) is 59.6 Å². The molecule has 23 heavy (non-hydrogen) atoms. The average Bonchev–Trinajstić information content (AvgIpc) is 3.03. The van der Waals surface area contributed by atoms with Gasteiger partial charge in [-0.25, -0.2) is 4.79 Å². The summed E-state index contributed by atoms with van der Waals surface area (Å²) in [4.78, 5) is 14.4. The van der Waals surface area contributed by atoms with E-state index in [9.17, 15) is 4.79 Å². The highest BCUT2D eigenvalue weighted by Gasteiger charge is 2.32. The molecule has 1 aliphatic rings. The quantitative estimate of drug-likeness (QED) is 0.894. The van der Waals surface area contributed by atoms with Gasteiger partial charge in [-0.05, 0) is 32.2 Å². The van der Waals surface area contributed by atoms with Gasteiger partial charge in [0.25, 0.3) is 0 Å². The minimum atomic E-state index is -0.210. The molecule has 1 fully saturated rings. The van der Waals surface area contributed by atoms with Crippen molar-refractivity contribution in [1.82, 2.24) is 20.0 Å². The molecule has 0 spiro atoms. The maximum atomic E-state index is 12.2. The van der Waals surface area contributed by atoms with Crippen LogP contribution in [0.25, 0.3) is 10.9 Å². The van der Waals surface area contributed by atoms with Crippen molar-refractivity contribution in [1.29, 1.82) is 0 Å². The molecular weight excluding hydrogens is 294 g/mol. The van der Waals surface area contributed by atoms with E-state index in [0.717, 1.165) is 29.7 Å². The molecule has 2 amide bonds. The van der Waals surface area contributed by atoms with Crippen LogP contribution in [-0.2, 0) is 11.8 Å². The molecule has 7 nitrogen and oxygen atoms in total. The Morgan fingerprint density at radius 1 is 1.39 bits per heavy atom. The highest BCUT2D eigenvalue weighted by Crippen LogP contribution is 2.18. The Kier molecular flexibility index (Phi) is 4.49. The second kappa shape index (κ2) is 6.55. The van der Waals surface area contributed by atoms with Crippen molar-refractivity contribution in [2.75, 3.05) is 32.1 Å². The summed E-state index contributed by atoms with van der Waals surface area (Å²) in [6.07, 6.45) is 1.83. The largest absolute Gasteiger partial charge is 0.375 e. The number of rotatable bonds is 4. The number of nitrogens with one attached hydrogen (secondary N) is 2. The number of amides is 2. The fourth-order valence-corrected chi connectivity index (χ4v) is 3.06. The van der Waals surface area contributed by atoms with Crippen LogP contribution in [0.1, 0.15) is 6.92 Å². The molecule has 3 rings (SSSR count). The van der Waals surface area contributed by atoms with Crippen LogP contribution in [0.3, 0.4) is 0 Å². The molecule has 7 heteroatoms. The lowest BCUT2D eigenvalue weighted by Gasteiger charge is -2.20. The minimum Gasteiger partial charge on any atom is -0.375 e. The molecular formula is C16H23N5O2. The SMILES string of the molecule is CCO[C@H]1CN(C)C[C@@H]1NC(=O)Nc1ccc2c(cnn2C)c1. The number of aryl methyl sites for hydroxylation is 1. The van der Waals surface area contributed by atoms with Gasteiger partial charge in [-0.2, -0.15) is 5.10 Å². The molecule has 0 bridgehead atoms. The highest BCUT2D eigenvalue weighted by molar-refractivity contribution is 5.92. The summed E-state index contributed by atoms with van der Waals surface area (Å²) in [7, 11) is 3.93. The number of carbonyl (C=O) groups excluding carboxylic acids is 1. The molecule has 2 N–H and O–H groups in total. The van der Waals surface area contributed by atoms with Gasteiger partial charge in [0.1, 0.15) is 0 Å². The van der Waals surface area contributed by atoms with E-state index in [-0.39, 0.29) is 18.2 Å². The van der Waals surface area contributed by atoms with Gasteiger partial charge >= 0.3 is 6.03 Å². The molecule has 0 saturated carbocycles. The second-order valence-electron chi connectivity index (χ2n) is 5.96. The number of carbonyl (C=O) groups is 1. The molecule has 0 unspecified atom stereocenters. The number of nitrogens with zero attached hydrogens (tertiary/aromatic N) is 3. The molecule has 124 valence electrons. The van der Waals surface area contributed by atoms with Gasteiger partial charge in [0.05, 0.1) is 23.9 Å². The molecule has 1 aliphatic heterocycles. The third-order valence-corrected chi connectivity index (χ3v) is 4.15. The van der Waals surface area contributed by atoms with Gasteiger partial charge in [0, 0.05) is 37.8 Å². The third-order valence-electron chi connectivity index (χ3n) is 4.15. The van der Waals surface area contributed by atoms with Crippen LogP contribution in [0.15, 0.2) is 24.4 Å². The topological polar surface area (TPSA) is 71.4 Å². The lowest BCUT2D eigenvalue weighted by Crippen LogP contribution is -2.45. The van der Waals surface area contributed by atoms with Crippen molar-refractivity contribution in [3.8, 4) is 0 Å². The van der Waals surface area contributed by atoms with Gasteiger partial charge in [-0.15, -0.1) is 0 Å². The van der Waals surface area contributed by atoms with Crippen molar-refractivity contribution in [3.63, 3.8) is 0 Å². The molecule has 1 saturated heterocycles. The number of hydrogen-bond acceptors (Lipinski definition) is 4. The standard InChI is InChI=1S/C16H23N5O2/c1-4-23-15-10-20(2)9-13(15)19-16(22)18-12-5-6-14-11(7-12)8-17-21(14)3/h5-8,13,15H,4,9-10H2,1-3H3,(H2,18,19,22)/t13-,15-/m0/s1. The molecule has 1 aromatic carbocycles. The van der Waals surface area contributed by atoms with Crippen molar-refractivity contribution in [3.05, 3.63) is 24.4 Å². The van der Waals surface area contributed by atoms with Gasteiger partial charge in [0.15, 0.2) is 0 Å². The Hall–Kier alpha value is -2.12. The normalized spacial score (nSPS) is 21.7. The van der Waals surface area contributed by atoms with Crippen molar-refractivity contribution in [2.24, 2.45) is 7.05 Å². The van der Waals surface area contributed by atoms with Crippen LogP contribution < -0.4 is 10.6 Å². The number of likely N-dealkylation sites (N-methyl/N-ethyl adjacent to an activating group) is 1. The van der Waals surface area contributed by atoms with Crippen LogP contribution in [0.5, 0.6) is 0 Å². The van der Waals surface area contributed by atoms with E-state index in [1.54, 1.807) is 10.9 Å². The lowest BCUT2D eigenvalue weighted by atomic mass is 10.2. The summed E-state index contributed by atoms with van der Waals surface area (Å²) in [5.74, 6) is 0. The van der Waals surface area contributed by atoms with Crippen LogP contribution in [0, 0.1) is 0 Å². The van der Waals surface area contributed by atoms with Crippen molar-refractivity contribution in [2.45, 2.75) is 19.1 Å². The predicted octanol–water partition coefficient (Wildman–Crippen LogP) is 1.41. The summed E-state index contributed by atoms with van der Waals surface area (Å²) in [6, 6.07) is 5.54. The monoisotopic (exact) mass is 317 g/mol. The van der Waals surface area contributed by atoms with Gasteiger partial charge in [0.2, 0.25) is 0 Å². The first-order chi connectivity index (χ1) is 11.1. The molecule has 2 aromatic rings. The highest BCUT2D eigenvalue weighted by atomic mass is 16.5. The Balaban J connectivity index is 1.63. The summed E-state index contributed by atoms with van der Waals surface area (Å²) in [6.45, 7) is 4.24. The van der Waals surface area contributed by atoms with Gasteiger partial charge < -0.3 is 20.3 Å². The number of hydrogen-bond donors (Lipinski definition) is 2. The van der Waals surface area contributed by atoms with Crippen LogP contribution >= 0.6 is 0 Å². The molecule has 2 atom stereocenters. The minimum absolute atomic E-state index is 0.00192. The zero-order valence-corrected chi connectivity index (χ0v) is 13.7. The second-order valence-corrected chi connectivity index (χ2v) is 5.96. The first-order valence-corrected chi connectivity index (χ1v) is 7.86. The van der Waals surface area contributed by atoms with E-state index >= 15 is 0 Å². The Labute approximate surface area is 135 Å². The van der Waals surface area contributed by atoms with E-state index in [1.165, 1.54) is 0 Å². The fourth-order valence-electron chi connectivity index (χ4n) is 3.06. The zero-order chi connectivity index (χ0) is 16.4. The number of anilines is 1. The van der Waals surface area contributed by atoms with E-state index in [2.05, 4.69) is 20.6 Å². The van der Waals surface area contributed by atoms with E-state index in [1.807, 2.05) is 39.2 Å². The fraction of sp³-hybridized carbons (Fsp3) is 0.500. The number of ether oxygens (including phenoxy) is 1. The van der Waals surface area contributed by atoms with Crippen molar-refractivity contribution >= 4 is 22.6 Å². The maximum Gasteiger partial charge on any atom is 0.319 e. The lowest BCUT2D eigenvalue weighted by molar-refractivity contribution is 0.0568. The number of aromatic nitrogens is 2. The van der Waals surface area contributed by atoms with E-state index in [0.29, 0.717) is 6.61 Å². The molecule has 2 heterocycles. The predicted molar refractivity (Wildman–Crippen MR) is 89.6 cm³/mol. The number of urea groups is 1. The van der Waals surface area contributed by atoms with Gasteiger partial charge in [-0.1, -0.05) is 0 Å². The summed E-state index contributed by atoms with van der Waals surface area (Å²) in [5.41, 5.74) is 1.78. The maximum absolute atomic E-state index is 12.2.